The van der Waals surface area contributed by atoms with E-state index in [0.717, 1.165) is 27.7 Å². The maximum atomic E-state index is 12.4. The van der Waals surface area contributed by atoms with Crippen LogP contribution in [0.25, 0.3) is 11.4 Å². The minimum absolute atomic E-state index is 0.233. The molecular formula is C22H21N7OS. The lowest BCUT2D eigenvalue weighted by atomic mass is 10.1. The van der Waals surface area contributed by atoms with Crippen molar-refractivity contribution in [2.75, 3.05) is 0 Å². The minimum Gasteiger partial charge on any atom is -0.312 e. The third kappa shape index (κ3) is 5.01. The van der Waals surface area contributed by atoms with E-state index in [9.17, 15) is 4.79 Å². The first-order chi connectivity index (χ1) is 15.1. The quantitative estimate of drug-likeness (QED) is 0.329. The topological polar surface area (TPSA) is 89.7 Å². The number of hydrazine groups is 1. The van der Waals surface area contributed by atoms with Crippen LogP contribution < -0.4 is 10.9 Å². The SMILES string of the molecule is C=C(NNC(=O)c1ccc(CSc2nncn2C)cc1)c1ccc(-n2ccnc2)cc1. The Morgan fingerprint density at radius 3 is 2.42 bits per heavy atom. The number of rotatable bonds is 8. The Morgan fingerprint density at radius 2 is 1.77 bits per heavy atom. The van der Waals surface area contributed by atoms with Crippen LogP contribution in [0.15, 0.2) is 85.3 Å². The molecule has 1 amide bonds. The number of nitrogens with zero attached hydrogens (tertiary/aromatic N) is 5. The molecule has 2 heterocycles. The maximum Gasteiger partial charge on any atom is 0.269 e. The molecule has 2 aromatic carbocycles. The highest BCUT2D eigenvalue weighted by molar-refractivity contribution is 7.98. The molecule has 4 aromatic rings. The zero-order valence-electron chi connectivity index (χ0n) is 16.9. The molecule has 0 bridgehead atoms. The largest absolute Gasteiger partial charge is 0.312 e. The van der Waals surface area contributed by atoms with Crippen LogP contribution in [0.1, 0.15) is 21.5 Å². The van der Waals surface area contributed by atoms with Crippen molar-refractivity contribution in [1.82, 2.24) is 35.2 Å². The van der Waals surface area contributed by atoms with Crippen LogP contribution >= 0.6 is 11.8 Å². The van der Waals surface area contributed by atoms with Gasteiger partial charge >= 0.3 is 0 Å². The van der Waals surface area contributed by atoms with Gasteiger partial charge in [-0.2, -0.15) is 0 Å². The van der Waals surface area contributed by atoms with Crippen molar-refractivity contribution in [1.29, 1.82) is 0 Å². The fourth-order valence-corrected chi connectivity index (χ4v) is 3.67. The van der Waals surface area contributed by atoms with Crippen LogP contribution in [0.5, 0.6) is 0 Å². The molecule has 2 N–H and O–H groups in total. The summed E-state index contributed by atoms with van der Waals surface area (Å²) in [5, 5.41) is 8.77. The molecule has 0 aliphatic heterocycles. The average molecular weight is 432 g/mol. The molecule has 0 spiro atoms. The van der Waals surface area contributed by atoms with Crippen LogP contribution in [-0.4, -0.2) is 30.2 Å². The Kier molecular flexibility index (Phi) is 6.13. The van der Waals surface area contributed by atoms with E-state index in [1.54, 1.807) is 42.7 Å². The standard InChI is InChI=1S/C22H21N7OS/c1-16(18-7-9-20(10-8-18)29-12-11-23-14-29)25-26-21(30)19-5-3-17(4-6-19)13-31-22-27-24-15-28(22)2/h3-12,14-15,25H,1,13H2,2H3,(H,26,30). The van der Waals surface area contributed by atoms with E-state index in [1.807, 2.05) is 58.8 Å². The maximum absolute atomic E-state index is 12.4. The molecule has 156 valence electrons. The highest BCUT2D eigenvalue weighted by Gasteiger charge is 2.08. The molecule has 0 unspecified atom stereocenters. The summed E-state index contributed by atoms with van der Waals surface area (Å²) in [5.41, 5.74) is 9.70. The molecule has 0 fully saturated rings. The Bertz CT molecular complexity index is 1170. The Morgan fingerprint density at radius 1 is 1.03 bits per heavy atom. The van der Waals surface area contributed by atoms with E-state index in [4.69, 9.17) is 0 Å². The normalized spacial score (nSPS) is 10.6. The highest BCUT2D eigenvalue weighted by Crippen LogP contribution is 2.20. The molecule has 8 nitrogen and oxygen atoms in total. The van der Waals surface area contributed by atoms with E-state index in [0.29, 0.717) is 11.3 Å². The highest BCUT2D eigenvalue weighted by atomic mass is 32.2. The summed E-state index contributed by atoms with van der Waals surface area (Å²) in [5.74, 6) is 0.516. The lowest BCUT2D eigenvalue weighted by molar-refractivity contribution is 0.0942. The van der Waals surface area contributed by atoms with E-state index in [2.05, 4.69) is 32.6 Å². The second-order valence-electron chi connectivity index (χ2n) is 6.78. The third-order valence-corrected chi connectivity index (χ3v) is 5.70. The lowest BCUT2D eigenvalue weighted by Crippen LogP contribution is -2.35. The minimum atomic E-state index is -0.233. The Hall–Kier alpha value is -3.85. The van der Waals surface area contributed by atoms with Gasteiger partial charge in [0.2, 0.25) is 0 Å². The van der Waals surface area contributed by atoms with Gasteiger partial charge in [-0.1, -0.05) is 42.6 Å². The predicted octanol–water partition coefficient (Wildman–Crippen LogP) is 3.20. The second-order valence-corrected chi connectivity index (χ2v) is 7.73. The number of thioether (sulfide) groups is 1. The van der Waals surface area contributed by atoms with Crippen LogP contribution in [-0.2, 0) is 12.8 Å². The molecular weight excluding hydrogens is 410 g/mol. The van der Waals surface area contributed by atoms with Crippen molar-refractivity contribution >= 4 is 23.4 Å². The van der Waals surface area contributed by atoms with Crippen molar-refractivity contribution in [3.8, 4) is 5.69 Å². The van der Waals surface area contributed by atoms with E-state index in [-0.39, 0.29) is 5.91 Å². The van der Waals surface area contributed by atoms with E-state index < -0.39 is 0 Å². The summed E-state index contributed by atoms with van der Waals surface area (Å²) in [6.07, 6.45) is 7.02. The third-order valence-electron chi connectivity index (χ3n) is 4.60. The molecule has 0 radical (unpaired) electrons. The predicted molar refractivity (Wildman–Crippen MR) is 120 cm³/mol. The van der Waals surface area contributed by atoms with Gasteiger partial charge in [0.1, 0.15) is 6.33 Å². The summed E-state index contributed by atoms with van der Waals surface area (Å²) in [4.78, 5) is 16.5. The number of aryl methyl sites for hydroxylation is 1. The van der Waals surface area contributed by atoms with E-state index >= 15 is 0 Å². The van der Waals surface area contributed by atoms with Gasteiger partial charge in [0.15, 0.2) is 5.16 Å². The van der Waals surface area contributed by atoms with Gasteiger partial charge in [-0.25, -0.2) is 4.98 Å². The number of carbonyl (C=O) groups is 1. The lowest BCUT2D eigenvalue weighted by Gasteiger charge is -2.12. The molecule has 0 aliphatic rings. The molecule has 9 heteroatoms. The first kappa shape index (κ1) is 20.4. The van der Waals surface area contributed by atoms with Crippen molar-refractivity contribution in [3.63, 3.8) is 0 Å². The summed E-state index contributed by atoms with van der Waals surface area (Å²) in [6.45, 7) is 3.99. The number of benzene rings is 2. The van der Waals surface area contributed by atoms with Crippen LogP contribution in [0, 0.1) is 0 Å². The second kappa shape index (κ2) is 9.31. The zero-order chi connectivity index (χ0) is 21.6. The number of carbonyl (C=O) groups excluding carboxylic acids is 1. The Balaban J connectivity index is 1.29. The van der Waals surface area contributed by atoms with Crippen molar-refractivity contribution < 1.29 is 4.79 Å². The number of hydrogen-bond acceptors (Lipinski definition) is 6. The van der Waals surface area contributed by atoms with Gasteiger partial charge in [-0.15, -0.1) is 10.2 Å². The first-order valence-corrected chi connectivity index (χ1v) is 10.5. The van der Waals surface area contributed by atoms with E-state index in [1.165, 1.54) is 0 Å². The molecule has 0 aliphatic carbocycles. The Labute approximate surface area is 184 Å². The van der Waals surface area contributed by atoms with Crippen molar-refractivity contribution in [2.24, 2.45) is 7.05 Å². The van der Waals surface area contributed by atoms with Crippen molar-refractivity contribution in [3.05, 3.63) is 96.8 Å². The number of aromatic nitrogens is 5. The van der Waals surface area contributed by atoms with Crippen LogP contribution in [0.2, 0.25) is 0 Å². The zero-order valence-corrected chi connectivity index (χ0v) is 17.7. The monoisotopic (exact) mass is 431 g/mol. The fraction of sp³-hybridized carbons (Fsp3) is 0.0909. The van der Waals surface area contributed by atoms with Gasteiger partial charge in [-0.05, 0) is 35.4 Å². The molecule has 0 atom stereocenters. The fourth-order valence-electron chi connectivity index (χ4n) is 2.83. The summed E-state index contributed by atoms with van der Waals surface area (Å²) >= 11 is 1.59. The van der Waals surface area contributed by atoms with Crippen LogP contribution in [0.4, 0.5) is 0 Å². The average Bonchev–Trinajstić information content (AvgIpc) is 3.48. The summed E-state index contributed by atoms with van der Waals surface area (Å²) in [6, 6.07) is 15.2. The summed E-state index contributed by atoms with van der Waals surface area (Å²) < 4.78 is 3.79. The number of imidazole rings is 1. The molecule has 2 aromatic heterocycles. The number of nitrogens with one attached hydrogen (secondary N) is 2. The molecule has 0 saturated heterocycles. The number of hydrogen-bond donors (Lipinski definition) is 2. The first-order valence-electron chi connectivity index (χ1n) is 9.50. The molecule has 0 saturated carbocycles. The van der Waals surface area contributed by atoms with Crippen LogP contribution in [0.3, 0.4) is 0 Å². The van der Waals surface area contributed by atoms with Gasteiger partial charge in [-0.3, -0.25) is 15.6 Å². The van der Waals surface area contributed by atoms with Gasteiger partial charge in [0.25, 0.3) is 5.91 Å². The smallest absolute Gasteiger partial charge is 0.269 e. The van der Waals surface area contributed by atoms with Crippen molar-refractivity contribution in [2.45, 2.75) is 10.9 Å². The molecule has 31 heavy (non-hydrogen) atoms. The summed E-state index contributed by atoms with van der Waals surface area (Å²) in [7, 11) is 1.91. The molecule has 4 rings (SSSR count). The number of amides is 1. The van der Waals surface area contributed by atoms with Gasteiger partial charge in [0.05, 0.1) is 12.0 Å². The van der Waals surface area contributed by atoms with Gasteiger partial charge < -0.3 is 9.13 Å². The van der Waals surface area contributed by atoms with Gasteiger partial charge in [0, 0.05) is 36.4 Å².